The predicted octanol–water partition coefficient (Wildman–Crippen LogP) is 14.2. The molecule has 12 aromatic rings. The lowest BCUT2D eigenvalue weighted by Crippen LogP contribution is -2.10. The highest BCUT2D eigenvalue weighted by Crippen LogP contribution is 2.46. The third-order valence-corrected chi connectivity index (χ3v) is 10.9. The molecule has 0 spiro atoms. The minimum atomic E-state index is 0.617. The van der Waals surface area contributed by atoms with E-state index in [-0.39, 0.29) is 0 Å². The van der Waals surface area contributed by atoms with Crippen molar-refractivity contribution < 1.29 is 13.3 Å². The number of hydrogen-bond donors (Lipinski definition) is 0. The average molecular weight is 693 g/mol. The standard InChI is InChI=1S/C49H28N2O3/c1-2-9-31(10-3-1)49-50-40-24-20-30-18-17-29-19-23-34-37(46(29)47(30)48(40)54-49)13-8-14-41(34)51(32-21-25-44-38(27-32)35-11-4-6-15-42(35)52-44)33-22-26-45-39(28-33)36-12-5-7-16-43(36)53-45/h1-28H. The van der Waals surface area contributed by atoms with Crippen LogP contribution in [0, 0.1) is 0 Å². The zero-order chi connectivity index (χ0) is 35.3. The minimum absolute atomic E-state index is 0.617. The van der Waals surface area contributed by atoms with Crippen LogP contribution in [0.5, 0.6) is 0 Å². The van der Waals surface area contributed by atoms with Crippen LogP contribution in [0.4, 0.5) is 17.1 Å². The highest BCUT2D eigenvalue weighted by molar-refractivity contribution is 6.27. The number of anilines is 3. The summed E-state index contributed by atoms with van der Waals surface area (Å²) in [6, 6.07) is 59.2. The van der Waals surface area contributed by atoms with Crippen molar-refractivity contribution in [3.8, 4) is 11.5 Å². The summed E-state index contributed by atoms with van der Waals surface area (Å²) >= 11 is 0. The van der Waals surface area contributed by atoms with Crippen molar-refractivity contribution in [2.45, 2.75) is 0 Å². The van der Waals surface area contributed by atoms with Gasteiger partial charge in [-0.3, -0.25) is 0 Å². The first-order valence-corrected chi connectivity index (χ1v) is 18.1. The molecule has 0 radical (unpaired) electrons. The topological polar surface area (TPSA) is 55.6 Å². The van der Waals surface area contributed by atoms with Crippen LogP contribution in [-0.4, -0.2) is 4.98 Å². The molecule has 9 aromatic carbocycles. The van der Waals surface area contributed by atoms with Crippen LogP contribution in [0.2, 0.25) is 0 Å². The number of nitrogens with zero attached hydrogens (tertiary/aromatic N) is 2. The molecule has 5 nitrogen and oxygen atoms in total. The Bertz CT molecular complexity index is 3350. The second-order valence-electron chi connectivity index (χ2n) is 13.9. The van der Waals surface area contributed by atoms with Crippen LogP contribution in [0.25, 0.3) is 98.7 Å². The highest BCUT2D eigenvalue weighted by atomic mass is 16.3. The van der Waals surface area contributed by atoms with Crippen molar-refractivity contribution in [2.75, 3.05) is 4.90 Å². The van der Waals surface area contributed by atoms with E-state index in [0.717, 1.165) is 110 Å². The summed E-state index contributed by atoms with van der Waals surface area (Å²) in [6.45, 7) is 0. The van der Waals surface area contributed by atoms with Gasteiger partial charge in [0.05, 0.1) is 5.69 Å². The molecule has 0 amide bonds. The molecule has 0 aliphatic rings. The minimum Gasteiger partial charge on any atom is -0.456 e. The Balaban J connectivity index is 1.15. The maximum atomic E-state index is 6.64. The zero-order valence-electron chi connectivity index (χ0n) is 28.8. The van der Waals surface area contributed by atoms with Gasteiger partial charge in [0.15, 0.2) is 5.58 Å². The summed E-state index contributed by atoms with van der Waals surface area (Å²) in [5.41, 5.74) is 9.16. The van der Waals surface area contributed by atoms with Gasteiger partial charge in [-0.15, -0.1) is 0 Å². The average Bonchev–Trinajstić information content (AvgIpc) is 3.94. The van der Waals surface area contributed by atoms with Gasteiger partial charge < -0.3 is 18.2 Å². The summed E-state index contributed by atoms with van der Waals surface area (Å²) < 4.78 is 19.2. The SMILES string of the molecule is c1ccc(-c2nc3ccc4ccc5ccc6c(N(c7ccc8oc9ccccc9c8c7)c7ccc8oc9ccccc9c8c7)cccc6c5c4c3o2)cc1. The third-order valence-electron chi connectivity index (χ3n) is 10.9. The summed E-state index contributed by atoms with van der Waals surface area (Å²) in [4.78, 5) is 7.30. The molecule has 3 aromatic heterocycles. The monoisotopic (exact) mass is 692 g/mol. The zero-order valence-corrected chi connectivity index (χ0v) is 28.8. The van der Waals surface area contributed by atoms with Gasteiger partial charge in [0.25, 0.3) is 0 Å². The van der Waals surface area contributed by atoms with Crippen molar-refractivity contribution in [2.24, 2.45) is 0 Å². The summed E-state index contributed by atoms with van der Waals surface area (Å²) in [6.07, 6.45) is 0. The molecule has 252 valence electrons. The quantitative estimate of drug-likeness (QED) is 0.172. The van der Waals surface area contributed by atoms with E-state index >= 15 is 0 Å². The maximum Gasteiger partial charge on any atom is 0.227 e. The fourth-order valence-corrected chi connectivity index (χ4v) is 8.39. The van der Waals surface area contributed by atoms with Gasteiger partial charge in [0.1, 0.15) is 27.8 Å². The van der Waals surface area contributed by atoms with Crippen molar-refractivity contribution in [1.82, 2.24) is 4.98 Å². The van der Waals surface area contributed by atoms with E-state index in [1.807, 2.05) is 54.6 Å². The molecule has 0 aliphatic carbocycles. The lowest BCUT2D eigenvalue weighted by molar-refractivity contribution is 0.623. The molecule has 0 fully saturated rings. The number of fused-ring (bicyclic) bond motifs is 13. The Morgan fingerprint density at radius 1 is 0.389 bits per heavy atom. The van der Waals surface area contributed by atoms with E-state index in [1.165, 1.54) is 0 Å². The van der Waals surface area contributed by atoms with Gasteiger partial charge in [-0.05, 0) is 89.0 Å². The van der Waals surface area contributed by atoms with Crippen LogP contribution in [-0.2, 0) is 0 Å². The molecule has 0 N–H and O–H groups in total. The molecular weight excluding hydrogens is 665 g/mol. The summed E-state index contributed by atoms with van der Waals surface area (Å²) in [5, 5.41) is 11.0. The number of aromatic nitrogens is 1. The molecule has 0 saturated heterocycles. The molecule has 0 bridgehead atoms. The molecule has 0 atom stereocenters. The van der Waals surface area contributed by atoms with Crippen molar-refractivity contribution in [3.63, 3.8) is 0 Å². The van der Waals surface area contributed by atoms with Gasteiger partial charge in [-0.1, -0.05) is 97.1 Å². The normalized spacial score (nSPS) is 12.1. The highest BCUT2D eigenvalue weighted by Gasteiger charge is 2.21. The summed E-state index contributed by atoms with van der Waals surface area (Å²) in [5.74, 6) is 0.617. The van der Waals surface area contributed by atoms with Gasteiger partial charge >= 0.3 is 0 Å². The van der Waals surface area contributed by atoms with E-state index in [9.17, 15) is 0 Å². The number of benzene rings is 9. The Kier molecular flexibility index (Phi) is 5.99. The Hall–Kier alpha value is -7.37. The van der Waals surface area contributed by atoms with E-state index in [1.54, 1.807) is 0 Å². The van der Waals surface area contributed by atoms with Crippen molar-refractivity contribution in [3.05, 3.63) is 170 Å². The molecule has 3 heterocycles. The maximum absolute atomic E-state index is 6.64. The fourth-order valence-electron chi connectivity index (χ4n) is 8.39. The second-order valence-corrected chi connectivity index (χ2v) is 13.9. The first-order valence-electron chi connectivity index (χ1n) is 18.1. The van der Waals surface area contributed by atoms with E-state index < -0.39 is 0 Å². The Morgan fingerprint density at radius 2 is 0.963 bits per heavy atom. The molecule has 5 heteroatoms. The van der Waals surface area contributed by atoms with Gasteiger partial charge in [-0.25, -0.2) is 4.98 Å². The van der Waals surface area contributed by atoms with Crippen molar-refractivity contribution in [1.29, 1.82) is 0 Å². The molecule has 0 unspecified atom stereocenters. The number of para-hydroxylation sites is 2. The molecule has 12 rings (SSSR count). The van der Waals surface area contributed by atoms with E-state index in [0.29, 0.717) is 5.89 Å². The van der Waals surface area contributed by atoms with Crippen LogP contribution in [0.1, 0.15) is 0 Å². The smallest absolute Gasteiger partial charge is 0.227 e. The van der Waals surface area contributed by atoms with Crippen LogP contribution in [0.15, 0.2) is 183 Å². The second kappa shape index (κ2) is 11.1. The number of rotatable bonds is 4. The van der Waals surface area contributed by atoms with Crippen LogP contribution >= 0.6 is 0 Å². The fraction of sp³-hybridized carbons (Fsp3) is 0. The van der Waals surface area contributed by atoms with Crippen LogP contribution < -0.4 is 4.90 Å². The van der Waals surface area contributed by atoms with Crippen LogP contribution in [0.3, 0.4) is 0 Å². The first-order chi connectivity index (χ1) is 26.7. The number of hydrogen-bond acceptors (Lipinski definition) is 5. The van der Waals surface area contributed by atoms with Crippen molar-refractivity contribution >= 4 is 104 Å². The number of furan rings is 2. The Labute approximate surface area is 307 Å². The van der Waals surface area contributed by atoms with Gasteiger partial charge in [0.2, 0.25) is 5.89 Å². The largest absolute Gasteiger partial charge is 0.456 e. The molecule has 54 heavy (non-hydrogen) atoms. The van der Waals surface area contributed by atoms with Gasteiger partial charge in [-0.2, -0.15) is 0 Å². The third kappa shape index (κ3) is 4.24. The summed E-state index contributed by atoms with van der Waals surface area (Å²) in [7, 11) is 0. The Morgan fingerprint density at radius 3 is 1.67 bits per heavy atom. The van der Waals surface area contributed by atoms with E-state index in [2.05, 4.69) is 120 Å². The molecule has 0 aliphatic heterocycles. The first kappa shape index (κ1) is 29.2. The lowest BCUT2D eigenvalue weighted by Gasteiger charge is -2.27. The predicted molar refractivity (Wildman–Crippen MR) is 221 cm³/mol. The van der Waals surface area contributed by atoms with E-state index in [4.69, 9.17) is 18.2 Å². The molecule has 0 saturated carbocycles. The van der Waals surface area contributed by atoms with Gasteiger partial charge in [0, 0.05) is 54.6 Å². The molecular formula is C49H28N2O3. The lowest BCUT2D eigenvalue weighted by atomic mass is 9.94. The number of oxazole rings is 1.